The molecule has 4 nitrogen and oxygen atoms in total. The van der Waals surface area contributed by atoms with Crippen LogP contribution in [0.2, 0.25) is 0 Å². The Bertz CT molecular complexity index is 787. The molecule has 0 atom stereocenters. The van der Waals surface area contributed by atoms with E-state index in [-0.39, 0.29) is 28.9 Å². The van der Waals surface area contributed by atoms with Gasteiger partial charge in [0, 0.05) is 15.8 Å². The zero-order valence-electron chi connectivity index (χ0n) is 12.6. The molecule has 2 rings (SSSR count). The minimum Gasteiger partial charge on any atom is -0.395 e. The van der Waals surface area contributed by atoms with Gasteiger partial charge in [0.25, 0.3) is 5.91 Å². The summed E-state index contributed by atoms with van der Waals surface area (Å²) in [6, 6.07) is 6.62. The number of hydrogen-bond donors (Lipinski definition) is 3. The molecule has 0 aromatic heterocycles. The maximum Gasteiger partial charge on any atom is 0.253 e. The second-order valence-electron chi connectivity index (χ2n) is 4.97. The van der Waals surface area contributed by atoms with E-state index < -0.39 is 17.5 Å². The lowest BCUT2D eigenvalue weighted by Crippen LogP contribution is -2.27. The minimum atomic E-state index is -1.16. The smallest absolute Gasteiger partial charge is 0.253 e. The summed E-state index contributed by atoms with van der Waals surface area (Å²) in [7, 11) is 0. The molecule has 0 bridgehead atoms. The summed E-state index contributed by atoms with van der Waals surface area (Å²) >= 11 is 5.05. The summed E-state index contributed by atoms with van der Waals surface area (Å²) in [5.74, 6) is -2.86. The maximum absolute atomic E-state index is 14.4. The first-order chi connectivity index (χ1) is 11.3. The Morgan fingerprint density at radius 3 is 2.62 bits per heavy atom. The average Bonchev–Trinajstić information content (AvgIpc) is 2.54. The fourth-order valence-electron chi connectivity index (χ4n) is 2.06. The van der Waals surface area contributed by atoms with Gasteiger partial charge in [-0.3, -0.25) is 4.79 Å². The largest absolute Gasteiger partial charge is 0.395 e. The fraction of sp³-hybridized carbons (Fsp3) is 0.188. The number of halogens is 4. The van der Waals surface area contributed by atoms with Crippen LogP contribution in [0.1, 0.15) is 15.9 Å². The van der Waals surface area contributed by atoms with Gasteiger partial charge in [0.15, 0.2) is 11.6 Å². The second kappa shape index (κ2) is 8.21. The minimum absolute atomic E-state index is 0.0114. The van der Waals surface area contributed by atoms with Crippen LogP contribution in [0.25, 0.3) is 0 Å². The van der Waals surface area contributed by atoms with E-state index in [9.17, 15) is 13.6 Å². The lowest BCUT2D eigenvalue weighted by atomic mass is 10.1. The molecule has 2 aromatic carbocycles. The van der Waals surface area contributed by atoms with Crippen LogP contribution in [-0.2, 0) is 0 Å². The molecule has 0 saturated heterocycles. The van der Waals surface area contributed by atoms with Crippen molar-refractivity contribution in [2.24, 2.45) is 0 Å². The highest BCUT2D eigenvalue weighted by Gasteiger charge is 2.22. The number of aliphatic hydroxyl groups excluding tert-OH is 1. The highest BCUT2D eigenvalue weighted by molar-refractivity contribution is 14.1. The van der Waals surface area contributed by atoms with Crippen molar-refractivity contribution in [2.75, 3.05) is 18.5 Å². The molecule has 3 N–H and O–H groups in total. The molecule has 0 saturated carbocycles. The summed E-state index contributed by atoms with van der Waals surface area (Å²) < 4.78 is 29.2. The van der Waals surface area contributed by atoms with E-state index in [1.807, 2.05) is 19.1 Å². The molecule has 0 aliphatic heterocycles. The third kappa shape index (κ3) is 4.22. The Morgan fingerprint density at radius 1 is 1.29 bits per heavy atom. The van der Waals surface area contributed by atoms with Crippen molar-refractivity contribution < 1.29 is 18.7 Å². The first-order valence-electron chi connectivity index (χ1n) is 6.95. The van der Waals surface area contributed by atoms with E-state index in [2.05, 4.69) is 49.2 Å². The van der Waals surface area contributed by atoms with Crippen LogP contribution in [0.15, 0.2) is 28.7 Å². The van der Waals surface area contributed by atoms with Crippen molar-refractivity contribution in [3.8, 4) is 0 Å². The van der Waals surface area contributed by atoms with Gasteiger partial charge in [0.1, 0.15) is 0 Å². The summed E-state index contributed by atoms with van der Waals surface area (Å²) in [6.07, 6.45) is 0. The topological polar surface area (TPSA) is 61.4 Å². The molecule has 0 spiro atoms. The molecule has 8 heteroatoms. The molecule has 0 radical (unpaired) electrons. The molecular formula is C16H14BrF2IN2O2. The highest BCUT2D eigenvalue weighted by atomic mass is 127. The van der Waals surface area contributed by atoms with Crippen LogP contribution < -0.4 is 10.6 Å². The number of anilines is 2. The monoisotopic (exact) mass is 510 g/mol. The van der Waals surface area contributed by atoms with Crippen LogP contribution in [0.3, 0.4) is 0 Å². The molecule has 0 fully saturated rings. The zero-order chi connectivity index (χ0) is 17.9. The standard InChI is InChI=1S/C16H14BrF2IN2O2/c1-8-6-9(20)2-3-12(8)22-15-10(16(24)21-4-5-23)7-11(17)13(18)14(15)19/h2-3,6-7,22-23H,4-5H2,1H3,(H,21,24). The van der Waals surface area contributed by atoms with E-state index in [0.29, 0.717) is 5.69 Å². The van der Waals surface area contributed by atoms with Gasteiger partial charge < -0.3 is 15.7 Å². The van der Waals surface area contributed by atoms with E-state index in [0.717, 1.165) is 9.13 Å². The normalized spacial score (nSPS) is 10.6. The van der Waals surface area contributed by atoms with Gasteiger partial charge in [-0.05, 0) is 75.3 Å². The molecule has 0 unspecified atom stereocenters. The summed E-state index contributed by atoms with van der Waals surface area (Å²) in [6.45, 7) is 1.58. The van der Waals surface area contributed by atoms with Crippen molar-refractivity contribution in [3.05, 3.63) is 55.1 Å². The van der Waals surface area contributed by atoms with Crippen molar-refractivity contribution in [2.45, 2.75) is 6.92 Å². The summed E-state index contributed by atoms with van der Waals surface area (Å²) in [5, 5.41) is 14.0. The van der Waals surface area contributed by atoms with Gasteiger partial charge in [0.05, 0.1) is 22.3 Å². The number of aliphatic hydroxyl groups is 1. The number of hydrogen-bond acceptors (Lipinski definition) is 3. The maximum atomic E-state index is 14.4. The first kappa shape index (κ1) is 19.1. The van der Waals surface area contributed by atoms with E-state index in [4.69, 9.17) is 5.11 Å². The van der Waals surface area contributed by atoms with Gasteiger partial charge >= 0.3 is 0 Å². The SMILES string of the molecule is Cc1cc(I)ccc1Nc1c(C(=O)NCCO)cc(Br)c(F)c1F. The van der Waals surface area contributed by atoms with Crippen LogP contribution >= 0.6 is 38.5 Å². The number of carbonyl (C=O) groups excluding carboxylic acids is 1. The Labute approximate surface area is 159 Å². The van der Waals surface area contributed by atoms with Gasteiger partial charge in [-0.2, -0.15) is 0 Å². The Kier molecular flexibility index (Phi) is 6.53. The van der Waals surface area contributed by atoms with Crippen LogP contribution in [0.4, 0.5) is 20.2 Å². The number of aryl methyl sites for hydroxylation is 1. The lowest BCUT2D eigenvalue weighted by Gasteiger charge is -2.16. The number of nitrogens with one attached hydrogen (secondary N) is 2. The van der Waals surface area contributed by atoms with Crippen molar-refractivity contribution in [1.29, 1.82) is 0 Å². The van der Waals surface area contributed by atoms with Gasteiger partial charge in [-0.1, -0.05) is 0 Å². The van der Waals surface area contributed by atoms with Crippen molar-refractivity contribution in [1.82, 2.24) is 5.32 Å². The highest BCUT2D eigenvalue weighted by Crippen LogP contribution is 2.32. The van der Waals surface area contributed by atoms with E-state index >= 15 is 0 Å². The Morgan fingerprint density at radius 2 is 2.00 bits per heavy atom. The van der Waals surface area contributed by atoms with Crippen molar-refractivity contribution >= 4 is 55.8 Å². The molecule has 128 valence electrons. The van der Waals surface area contributed by atoms with E-state index in [1.165, 1.54) is 6.07 Å². The van der Waals surface area contributed by atoms with Crippen LogP contribution in [-0.4, -0.2) is 24.2 Å². The molecule has 0 heterocycles. The molecule has 24 heavy (non-hydrogen) atoms. The predicted molar refractivity (Wildman–Crippen MR) is 101 cm³/mol. The summed E-state index contributed by atoms with van der Waals surface area (Å²) in [4.78, 5) is 12.2. The zero-order valence-corrected chi connectivity index (χ0v) is 16.3. The lowest BCUT2D eigenvalue weighted by molar-refractivity contribution is 0.0945. The summed E-state index contributed by atoms with van der Waals surface area (Å²) in [5.41, 5.74) is 1.07. The number of carbonyl (C=O) groups is 1. The quantitative estimate of drug-likeness (QED) is 0.419. The Hall–Kier alpha value is -1.26. The van der Waals surface area contributed by atoms with Gasteiger partial charge in [0.2, 0.25) is 0 Å². The number of rotatable bonds is 5. The fourth-order valence-corrected chi connectivity index (χ4v) is 3.11. The molecule has 1 amide bonds. The molecular weight excluding hydrogens is 497 g/mol. The number of benzene rings is 2. The predicted octanol–water partition coefficient (Wildman–Crippen LogP) is 4.11. The average molecular weight is 511 g/mol. The molecule has 0 aliphatic rings. The van der Waals surface area contributed by atoms with Crippen molar-refractivity contribution in [3.63, 3.8) is 0 Å². The molecule has 2 aromatic rings. The third-order valence-corrected chi connectivity index (χ3v) is 4.50. The Balaban J connectivity index is 2.50. The molecule has 0 aliphatic carbocycles. The van der Waals surface area contributed by atoms with E-state index in [1.54, 1.807) is 6.07 Å². The second-order valence-corrected chi connectivity index (χ2v) is 7.07. The van der Waals surface area contributed by atoms with Crippen LogP contribution in [0, 0.1) is 22.1 Å². The van der Waals surface area contributed by atoms with Gasteiger partial charge in [-0.25, -0.2) is 8.78 Å². The van der Waals surface area contributed by atoms with Crippen LogP contribution in [0.5, 0.6) is 0 Å². The number of amides is 1. The van der Waals surface area contributed by atoms with Gasteiger partial charge in [-0.15, -0.1) is 0 Å². The first-order valence-corrected chi connectivity index (χ1v) is 8.82. The third-order valence-electron chi connectivity index (χ3n) is 3.25.